The molecule has 0 aliphatic carbocycles. The van der Waals surface area contributed by atoms with E-state index >= 15 is 0 Å². The van der Waals surface area contributed by atoms with E-state index in [0.29, 0.717) is 18.7 Å². The molecule has 4 rings (SSSR count). The van der Waals surface area contributed by atoms with Gasteiger partial charge in [-0.15, -0.1) is 0 Å². The number of nitrogens with zero attached hydrogens (tertiary/aromatic N) is 2. The number of hydrogen-bond donors (Lipinski definition) is 1. The lowest BCUT2D eigenvalue weighted by Crippen LogP contribution is -2.32. The van der Waals surface area contributed by atoms with Gasteiger partial charge in [0.2, 0.25) is 5.89 Å². The van der Waals surface area contributed by atoms with E-state index in [2.05, 4.69) is 10.3 Å². The Hall–Kier alpha value is -3.24. The van der Waals surface area contributed by atoms with Gasteiger partial charge in [0.15, 0.2) is 5.69 Å². The molecule has 0 saturated carbocycles. The molecular weight excluding hydrogens is 466 g/mol. The maximum absolute atomic E-state index is 13.5. The summed E-state index contributed by atoms with van der Waals surface area (Å²) in [5, 5.41) is 2.76. The molecule has 0 radical (unpaired) electrons. The summed E-state index contributed by atoms with van der Waals surface area (Å²) in [6.45, 7) is 1.25. The van der Waals surface area contributed by atoms with Gasteiger partial charge >= 0.3 is 6.18 Å². The number of amides is 1. The number of rotatable bonds is 9. The van der Waals surface area contributed by atoms with Gasteiger partial charge in [-0.05, 0) is 42.2 Å². The Kier molecular flexibility index (Phi) is 7.82. The Bertz CT molecular complexity index is 1130. The summed E-state index contributed by atoms with van der Waals surface area (Å²) < 4.78 is 64.9. The van der Waals surface area contributed by atoms with Crippen molar-refractivity contribution in [3.05, 3.63) is 88.9 Å². The van der Waals surface area contributed by atoms with Crippen LogP contribution in [0.1, 0.15) is 45.9 Å². The molecule has 2 heterocycles. The van der Waals surface area contributed by atoms with Gasteiger partial charge in [-0.2, -0.15) is 13.2 Å². The first kappa shape index (κ1) is 24.9. The van der Waals surface area contributed by atoms with Gasteiger partial charge in [-0.25, -0.2) is 9.37 Å². The average molecular weight is 491 g/mol. The highest BCUT2D eigenvalue weighted by atomic mass is 19.4. The number of benzene rings is 2. The van der Waals surface area contributed by atoms with Gasteiger partial charge in [-0.3, -0.25) is 9.69 Å². The van der Waals surface area contributed by atoms with Crippen LogP contribution in [-0.4, -0.2) is 35.0 Å². The van der Waals surface area contributed by atoms with E-state index in [1.807, 2.05) is 0 Å². The molecule has 3 aromatic rings. The molecule has 1 atom stereocenters. The molecule has 1 amide bonds. The summed E-state index contributed by atoms with van der Waals surface area (Å²) in [5.41, 5.74) is 0.140. The maximum Gasteiger partial charge on any atom is 0.416 e. The topological polar surface area (TPSA) is 67.6 Å². The van der Waals surface area contributed by atoms with Gasteiger partial charge in [0.25, 0.3) is 5.91 Å². The van der Waals surface area contributed by atoms with Crippen molar-refractivity contribution in [3.63, 3.8) is 0 Å². The first-order chi connectivity index (χ1) is 16.8. The number of carbonyl (C=O) groups is 1. The number of alkyl halides is 3. The van der Waals surface area contributed by atoms with Gasteiger partial charge in [-0.1, -0.05) is 30.3 Å². The van der Waals surface area contributed by atoms with Crippen molar-refractivity contribution >= 4 is 5.91 Å². The fourth-order valence-corrected chi connectivity index (χ4v) is 3.97. The molecular formula is C25H25F4N3O3. The van der Waals surface area contributed by atoms with E-state index in [4.69, 9.17) is 9.15 Å². The molecule has 1 N–H and O–H groups in total. The van der Waals surface area contributed by atoms with E-state index in [1.54, 1.807) is 23.1 Å². The van der Waals surface area contributed by atoms with Gasteiger partial charge in [0.1, 0.15) is 12.1 Å². The van der Waals surface area contributed by atoms with Crippen LogP contribution in [0.25, 0.3) is 0 Å². The second-order valence-electron chi connectivity index (χ2n) is 8.40. The zero-order valence-electron chi connectivity index (χ0n) is 18.9. The molecule has 1 fully saturated rings. The fourth-order valence-electron chi connectivity index (χ4n) is 3.97. The molecule has 35 heavy (non-hydrogen) atoms. The monoisotopic (exact) mass is 491 g/mol. The van der Waals surface area contributed by atoms with E-state index in [-0.39, 0.29) is 42.9 Å². The lowest BCUT2D eigenvalue weighted by molar-refractivity contribution is -0.138. The molecule has 1 unspecified atom stereocenters. The third kappa shape index (κ3) is 6.89. The van der Waals surface area contributed by atoms with Crippen LogP contribution in [0, 0.1) is 5.82 Å². The van der Waals surface area contributed by atoms with Crippen LogP contribution in [0.3, 0.4) is 0 Å². The standard InChI is InChI=1S/C25H25F4N3O3/c26-19-9-7-17(8-10-19)13-32(14-18-4-1-2-6-21(18)25(27,28)29)15-23-31-22(16-35-23)24(33)30-12-20-5-3-11-34-20/h1-2,4,6-10,16,20H,3,5,11-15H2,(H,30,33). The second kappa shape index (κ2) is 11.0. The molecule has 6 nitrogen and oxygen atoms in total. The van der Waals surface area contributed by atoms with Crippen molar-refractivity contribution in [2.24, 2.45) is 0 Å². The van der Waals surface area contributed by atoms with E-state index in [9.17, 15) is 22.4 Å². The first-order valence-electron chi connectivity index (χ1n) is 11.2. The molecule has 10 heteroatoms. The number of ether oxygens (including phenoxy) is 1. The van der Waals surface area contributed by atoms with Crippen LogP contribution in [0.2, 0.25) is 0 Å². The van der Waals surface area contributed by atoms with Gasteiger partial charge in [0, 0.05) is 26.2 Å². The molecule has 1 aliphatic rings. The summed E-state index contributed by atoms with van der Waals surface area (Å²) >= 11 is 0. The Balaban J connectivity index is 1.49. The van der Waals surface area contributed by atoms with Crippen LogP contribution in [-0.2, 0) is 30.5 Å². The summed E-state index contributed by atoms with van der Waals surface area (Å²) in [5.74, 6) is -0.643. The van der Waals surface area contributed by atoms with Crippen molar-refractivity contribution in [1.82, 2.24) is 15.2 Å². The minimum atomic E-state index is -4.50. The highest BCUT2D eigenvalue weighted by Crippen LogP contribution is 2.32. The van der Waals surface area contributed by atoms with Crippen LogP contribution < -0.4 is 5.32 Å². The van der Waals surface area contributed by atoms with Crippen LogP contribution in [0.5, 0.6) is 0 Å². The molecule has 186 valence electrons. The number of halogens is 4. The molecule has 0 spiro atoms. The number of carbonyl (C=O) groups excluding carboxylic acids is 1. The zero-order valence-corrected chi connectivity index (χ0v) is 18.9. The van der Waals surface area contributed by atoms with Crippen molar-refractivity contribution < 1.29 is 31.5 Å². The lowest BCUT2D eigenvalue weighted by atomic mass is 10.1. The van der Waals surface area contributed by atoms with E-state index in [0.717, 1.165) is 18.9 Å². The lowest BCUT2D eigenvalue weighted by Gasteiger charge is -2.23. The minimum Gasteiger partial charge on any atom is -0.447 e. The second-order valence-corrected chi connectivity index (χ2v) is 8.40. The molecule has 0 bridgehead atoms. The predicted molar refractivity (Wildman–Crippen MR) is 119 cm³/mol. The Morgan fingerprint density at radius 2 is 1.86 bits per heavy atom. The smallest absolute Gasteiger partial charge is 0.416 e. The summed E-state index contributed by atoms with van der Waals surface area (Å²) in [7, 11) is 0. The third-order valence-corrected chi connectivity index (χ3v) is 5.69. The number of nitrogens with one attached hydrogen (secondary N) is 1. The first-order valence-corrected chi connectivity index (χ1v) is 11.2. The number of aromatic nitrogens is 1. The highest BCUT2D eigenvalue weighted by molar-refractivity contribution is 5.91. The number of hydrogen-bond acceptors (Lipinski definition) is 5. The molecule has 1 saturated heterocycles. The van der Waals surface area contributed by atoms with Crippen LogP contribution in [0.4, 0.5) is 17.6 Å². The summed E-state index contributed by atoms with van der Waals surface area (Å²) in [6.07, 6.45) is -1.47. The van der Waals surface area contributed by atoms with Crippen molar-refractivity contribution in [3.8, 4) is 0 Å². The van der Waals surface area contributed by atoms with Crippen molar-refractivity contribution in [1.29, 1.82) is 0 Å². The van der Waals surface area contributed by atoms with Crippen LogP contribution in [0.15, 0.2) is 59.2 Å². The Morgan fingerprint density at radius 3 is 2.57 bits per heavy atom. The van der Waals surface area contributed by atoms with Gasteiger partial charge in [0.05, 0.1) is 18.2 Å². The zero-order chi connectivity index (χ0) is 24.8. The van der Waals surface area contributed by atoms with Crippen LogP contribution >= 0.6 is 0 Å². The molecule has 1 aliphatic heterocycles. The third-order valence-electron chi connectivity index (χ3n) is 5.69. The van der Waals surface area contributed by atoms with E-state index in [1.165, 1.54) is 30.5 Å². The summed E-state index contributed by atoms with van der Waals surface area (Å²) in [4.78, 5) is 18.3. The summed E-state index contributed by atoms with van der Waals surface area (Å²) in [6, 6.07) is 11.0. The highest BCUT2D eigenvalue weighted by Gasteiger charge is 2.33. The van der Waals surface area contributed by atoms with Gasteiger partial charge < -0.3 is 14.5 Å². The maximum atomic E-state index is 13.5. The number of oxazole rings is 1. The van der Waals surface area contributed by atoms with Crippen molar-refractivity contribution in [2.75, 3.05) is 13.2 Å². The minimum absolute atomic E-state index is 0.0229. The van der Waals surface area contributed by atoms with Crippen molar-refractivity contribution in [2.45, 2.75) is 44.8 Å². The van der Waals surface area contributed by atoms with E-state index < -0.39 is 23.5 Å². The SMILES string of the molecule is O=C(NCC1CCCO1)c1coc(CN(Cc2ccc(F)cc2)Cc2ccccc2C(F)(F)F)n1. The fraction of sp³-hybridized carbons (Fsp3) is 0.360. The largest absolute Gasteiger partial charge is 0.447 e. The Morgan fingerprint density at radius 1 is 1.09 bits per heavy atom. The normalized spacial score (nSPS) is 16.1. The Labute approximate surface area is 199 Å². The average Bonchev–Trinajstić information content (AvgIpc) is 3.51. The predicted octanol–water partition coefficient (Wildman–Crippen LogP) is 4.94. The quantitative estimate of drug-likeness (QED) is 0.430. The molecule has 1 aromatic heterocycles. The molecule has 2 aromatic carbocycles.